The number of amides is 1. The number of halogens is 1. The van der Waals surface area contributed by atoms with E-state index in [1.165, 1.54) is 11.8 Å². The zero-order chi connectivity index (χ0) is 14.9. The Hall–Kier alpha value is -1.91. The van der Waals surface area contributed by atoms with Crippen molar-refractivity contribution in [1.82, 2.24) is 4.90 Å². The van der Waals surface area contributed by atoms with Gasteiger partial charge in [-0.2, -0.15) is 0 Å². The predicted octanol–water partition coefficient (Wildman–Crippen LogP) is 2.27. The van der Waals surface area contributed by atoms with E-state index in [1.54, 1.807) is 0 Å². The molecular formula is C15H18FNO3. The average molecular weight is 279 g/mol. The lowest BCUT2D eigenvalue weighted by Crippen LogP contribution is -2.42. The molecule has 0 aliphatic carbocycles. The van der Waals surface area contributed by atoms with E-state index in [0.717, 1.165) is 5.56 Å². The van der Waals surface area contributed by atoms with Crippen molar-refractivity contribution in [3.05, 3.63) is 35.9 Å². The topological polar surface area (TPSA) is 57.6 Å². The quantitative estimate of drug-likeness (QED) is 0.860. The number of hydrogen-bond acceptors (Lipinski definition) is 2. The molecule has 1 saturated heterocycles. The van der Waals surface area contributed by atoms with Gasteiger partial charge in [-0.25, -0.2) is 0 Å². The van der Waals surface area contributed by atoms with E-state index in [-0.39, 0.29) is 12.6 Å². The number of alkyl halides is 1. The van der Waals surface area contributed by atoms with Gasteiger partial charge in [0.15, 0.2) is 5.41 Å². The number of carbonyl (C=O) groups excluding carboxylic acids is 1. The van der Waals surface area contributed by atoms with Gasteiger partial charge in [0.2, 0.25) is 5.91 Å². The van der Waals surface area contributed by atoms with Crippen molar-refractivity contribution in [3.63, 3.8) is 0 Å². The summed E-state index contributed by atoms with van der Waals surface area (Å²) in [4.78, 5) is 25.3. The number of likely N-dealkylation sites (tertiary alicyclic amines) is 1. The van der Waals surface area contributed by atoms with Crippen LogP contribution in [-0.2, 0) is 9.59 Å². The van der Waals surface area contributed by atoms with E-state index >= 15 is 0 Å². The molecule has 0 bridgehead atoms. The van der Waals surface area contributed by atoms with Crippen molar-refractivity contribution < 1.29 is 19.1 Å². The summed E-state index contributed by atoms with van der Waals surface area (Å²) in [6.45, 7) is 2.47. The van der Waals surface area contributed by atoms with Crippen LogP contribution >= 0.6 is 0 Å². The highest BCUT2D eigenvalue weighted by atomic mass is 19.1. The van der Waals surface area contributed by atoms with Crippen molar-refractivity contribution in [2.75, 3.05) is 13.2 Å². The molecule has 0 saturated carbocycles. The molecule has 1 aromatic carbocycles. The Morgan fingerprint density at radius 2 is 2.10 bits per heavy atom. The number of nitrogens with zero attached hydrogens (tertiary/aromatic N) is 1. The van der Waals surface area contributed by atoms with Crippen LogP contribution in [-0.4, -0.2) is 35.1 Å². The molecule has 1 aliphatic heterocycles. The molecule has 1 aromatic rings. The molecular weight excluding hydrogens is 261 g/mol. The molecule has 1 heterocycles. The third-order valence-electron chi connectivity index (χ3n) is 4.32. The highest BCUT2D eigenvalue weighted by Crippen LogP contribution is 2.41. The molecule has 0 radical (unpaired) electrons. The molecule has 3 atom stereocenters. The Morgan fingerprint density at radius 3 is 2.55 bits per heavy atom. The largest absolute Gasteiger partial charge is 0.480 e. The van der Waals surface area contributed by atoms with Crippen molar-refractivity contribution >= 4 is 11.9 Å². The van der Waals surface area contributed by atoms with E-state index in [4.69, 9.17) is 0 Å². The molecule has 1 amide bonds. The first kappa shape index (κ1) is 14.5. The summed E-state index contributed by atoms with van der Waals surface area (Å²) in [7, 11) is 0. The molecule has 4 nitrogen and oxygen atoms in total. The smallest absolute Gasteiger partial charge is 0.319 e. The van der Waals surface area contributed by atoms with Gasteiger partial charge in [-0.3, -0.25) is 14.0 Å². The maximum atomic E-state index is 13.1. The zero-order valence-corrected chi connectivity index (χ0v) is 11.5. The molecule has 2 rings (SSSR count). The fraction of sp³-hybridized carbons (Fsp3) is 0.467. The summed E-state index contributed by atoms with van der Waals surface area (Å²) >= 11 is 0. The van der Waals surface area contributed by atoms with Crippen LogP contribution in [0.1, 0.15) is 25.5 Å². The van der Waals surface area contributed by atoms with Crippen LogP contribution in [0.2, 0.25) is 0 Å². The molecule has 20 heavy (non-hydrogen) atoms. The number of rotatable bonds is 4. The first-order chi connectivity index (χ1) is 9.42. The minimum Gasteiger partial charge on any atom is -0.480 e. The Bertz CT molecular complexity index is 519. The Balaban J connectivity index is 2.32. The summed E-state index contributed by atoms with van der Waals surface area (Å²) in [6, 6.07) is 9.06. The first-order valence-corrected chi connectivity index (χ1v) is 6.58. The predicted molar refractivity (Wildman–Crippen MR) is 71.8 cm³/mol. The van der Waals surface area contributed by atoms with Gasteiger partial charge in [-0.15, -0.1) is 0 Å². The monoisotopic (exact) mass is 279 g/mol. The van der Waals surface area contributed by atoms with Crippen molar-refractivity contribution in [1.29, 1.82) is 0 Å². The SMILES string of the molecule is C[C@H](c1ccccc1)N1C[C@@H](CF)[C@@](C)(C(=O)O)C1=O. The summed E-state index contributed by atoms with van der Waals surface area (Å²) in [5, 5.41) is 9.30. The number of carboxylic acids is 1. The first-order valence-electron chi connectivity index (χ1n) is 6.58. The third kappa shape index (κ3) is 2.07. The van der Waals surface area contributed by atoms with Crippen LogP contribution < -0.4 is 0 Å². The van der Waals surface area contributed by atoms with Crippen LogP contribution in [0.4, 0.5) is 4.39 Å². The Morgan fingerprint density at radius 1 is 1.50 bits per heavy atom. The van der Waals surface area contributed by atoms with Gasteiger partial charge in [-0.1, -0.05) is 30.3 Å². The van der Waals surface area contributed by atoms with Crippen LogP contribution in [0.15, 0.2) is 30.3 Å². The average Bonchev–Trinajstić information content (AvgIpc) is 2.72. The highest BCUT2D eigenvalue weighted by Gasteiger charge is 2.57. The molecule has 108 valence electrons. The second-order valence-corrected chi connectivity index (χ2v) is 5.40. The summed E-state index contributed by atoms with van der Waals surface area (Å²) in [6.07, 6.45) is 0. The number of benzene rings is 1. The Kier molecular flexibility index (Phi) is 3.79. The third-order valence-corrected chi connectivity index (χ3v) is 4.32. The van der Waals surface area contributed by atoms with E-state index in [9.17, 15) is 19.1 Å². The second-order valence-electron chi connectivity index (χ2n) is 5.40. The summed E-state index contributed by atoms with van der Waals surface area (Å²) < 4.78 is 13.1. The maximum absolute atomic E-state index is 13.1. The normalized spacial score (nSPS) is 27.6. The molecule has 0 unspecified atom stereocenters. The van der Waals surface area contributed by atoms with Gasteiger partial charge in [0, 0.05) is 12.5 Å². The lowest BCUT2D eigenvalue weighted by molar-refractivity contribution is -0.157. The summed E-state index contributed by atoms with van der Waals surface area (Å²) in [5.74, 6) is -2.57. The van der Waals surface area contributed by atoms with E-state index in [0.29, 0.717) is 0 Å². The maximum Gasteiger partial charge on any atom is 0.319 e. The number of hydrogen-bond donors (Lipinski definition) is 1. The van der Waals surface area contributed by atoms with E-state index in [2.05, 4.69) is 0 Å². The van der Waals surface area contributed by atoms with Crippen LogP contribution in [0.5, 0.6) is 0 Å². The van der Waals surface area contributed by atoms with Crippen LogP contribution in [0.3, 0.4) is 0 Å². The number of carbonyl (C=O) groups is 2. The van der Waals surface area contributed by atoms with Crippen molar-refractivity contribution in [2.24, 2.45) is 11.3 Å². The molecule has 1 fully saturated rings. The zero-order valence-electron chi connectivity index (χ0n) is 11.5. The van der Waals surface area contributed by atoms with Gasteiger partial charge in [0.25, 0.3) is 0 Å². The van der Waals surface area contributed by atoms with Gasteiger partial charge in [0.05, 0.1) is 12.7 Å². The van der Waals surface area contributed by atoms with E-state index < -0.39 is 29.9 Å². The number of carboxylic acid groups (broad SMARTS) is 1. The summed E-state index contributed by atoms with van der Waals surface area (Å²) in [5.41, 5.74) is -0.759. The minimum atomic E-state index is -1.67. The molecule has 1 N–H and O–H groups in total. The van der Waals surface area contributed by atoms with Crippen LogP contribution in [0.25, 0.3) is 0 Å². The van der Waals surface area contributed by atoms with Gasteiger partial charge in [0.1, 0.15) is 0 Å². The van der Waals surface area contributed by atoms with Gasteiger partial charge < -0.3 is 10.0 Å². The fourth-order valence-electron chi connectivity index (χ4n) is 2.69. The molecule has 0 spiro atoms. The van der Waals surface area contributed by atoms with Gasteiger partial charge >= 0.3 is 5.97 Å². The Labute approximate surface area is 117 Å². The lowest BCUT2D eigenvalue weighted by Gasteiger charge is -2.26. The minimum absolute atomic E-state index is 0.133. The second kappa shape index (κ2) is 5.23. The van der Waals surface area contributed by atoms with Gasteiger partial charge in [-0.05, 0) is 19.4 Å². The lowest BCUT2D eigenvalue weighted by atomic mass is 9.80. The standard InChI is InChI=1S/C15H18FNO3/c1-10(11-6-4-3-5-7-11)17-9-12(8-16)15(2,13(17)18)14(19)20/h3-7,10,12H,8-9H2,1-2H3,(H,19,20)/t10-,12-,15-/m1/s1. The van der Waals surface area contributed by atoms with E-state index in [1.807, 2.05) is 37.3 Å². The van der Waals surface area contributed by atoms with Crippen molar-refractivity contribution in [3.8, 4) is 0 Å². The number of aliphatic carboxylic acids is 1. The molecule has 0 aromatic heterocycles. The fourth-order valence-corrected chi connectivity index (χ4v) is 2.69. The molecule has 1 aliphatic rings. The molecule has 5 heteroatoms. The van der Waals surface area contributed by atoms with Crippen LogP contribution in [0, 0.1) is 11.3 Å². The highest BCUT2D eigenvalue weighted by molar-refractivity contribution is 6.03. The van der Waals surface area contributed by atoms with Crippen molar-refractivity contribution in [2.45, 2.75) is 19.9 Å².